The number of nitrogens with one attached hydrogen (secondary N) is 4. The monoisotopic (exact) mass is 761 g/mol. The Kier molecular flexibility index (Phi) is 13.6. The largest absolute Gasteiger partial charge is 0.346 e. The van der Waals surface area contributed by atoms with Crippen LogP contribution >= 0.6 is 0 Å². The van der Waals surface area contributed by atoms with Gasteiger partial charge in [0.2, 0.25) is 17.6 Å². The van der Waals surface area contributed by atoms with E-state index in [0.717, 1.165) is 44.9 Å². The molecular weight excluding hydrogens is 695 g/mol. The van der Waals surface area contributed by atoms with Gasteiger partial charge in [-0.2, -0.15) is 0 Å². The highest BCUT2D eigenvalue weighted by atomic mass is 32.2. The minimum absolute atomic E-state index is 0.0544. The van der Waals surface area contributed by atoms with Crippen molar-refractivity contribution in [1.82, 2.24) is 26.2 Å². The van der Waals surface area contributed by atoms with E-state index in [2.05, 4.69) is 41.7 Å². The molecule has 13 heteroatoms. The summed E-state index contributed by atoms with van der Waals surface area (Å²) < 4.78 is 27.6. The number of urea groups is 1. The fourth-order valence-corrected chi connectivity index (χ4v) is 12.3. The van der Waals surface area contributed by atoms with Crippen LogP contribution in [0, 0.1) is 22.7 Å². The maximum Gasteiger partial charge on any atom is 0.315 e. The van der Waals surface area contributed by atoms with Gasteiger partial charge in [-0.25, -0.2) is 13.2 Å². The molecule has 4 N–H and O–H groups in total. The molecule has 3 aliphatic carbocycles. The van der Waals surface area contributed by atoms with Gasteiger partial charge in [-0.15, -0.1) is 6.58 Å². The van der Waals surface area contributed by atoms with Crippen molar-refractivity contribution in [1.29, 1.82) is 0 Å². The molecule has 0 bridgehead atoms. The third-order valence-corrected chi connectivity index (χ3v) is 15.9. The van der Waals surface area contributed by atoms with E-state index in [-0.39, 0.29) is 36.0 Å². The smallest absolute Gasteiger partial charge is 0.315 e. The fourth-order valence-electron chi connectivity index (χ4n) is 9.51. The molecule has 53 heavy (non-hydrogen) atoms. The Balaban J connectivity index is 1.56. The zero-order chi connectivity index (χ0) is 39.4. The van der Waals surface area contributed by atoms with Gasteiger partial charge in [0, 0.05) is 13.1 Å². The predicted octanol–water partition coefficient (Wildman–Crippen LogP) is 4.96. The first-order valence-corrected chi connectivity index (χ1v) is 21.8. The quantitative estimate of drug-likeness (QED) is 0.127. The van der Waals surface area contributed by atoms with Crippen molar-refractivity contribution < 1.29 is 32.4 Å². The van der Waals surface area contributed by atoms with Gasteiger partial charge in [-0.3, -0.25) is 19.2 Å². The molecule has 0 aromatic carbocycles. The van der Waals surface area contributed by atoms with Gasteiger partial charge >= 0.3 is 6.03 Å². The maximum atomic E-state index is 14.6. The highest BCUT2D eigenvalue weighted by Gasteiger charge is 2.70. The molecule has 4 fully saturated rings. The molecule has 5 atom stereocenters. The first-order chi connectivity index (χ1) is 24.8. The van der Waals surface area contributed by atoms with Crippen LogP contribution in [0.15, 0.2) is 12.7 Å². The first-order valence-electron chi connectivity index (χ1n) is 20.1. The Morgan fingerprint density at radius 3 is 2.08 bits per heavy atom. The van der Waals surface area contributed by atoms with Crippen LogP contribution in [0.3, 0.4) is 0 Å². The molecule has 3 saturated carbocycles. The molecule has 0 radical (unpaired) electrons. The summed E-state index contributed by atoms with van der Waals surface area (Å²) in [7, 11) is -3.56. The molecule has 0 spiro atoms. The number of ketones is 1. The van der Waals surface area contributed by atoms with Crippen molar-refractivity contribution in [3.8, 4) is 0 Å². The number of rotatable bonds is 16. The van der Waals surface area contributed by atoms with E-state index in [9.17, 15) is 32.4 Å². The molecule has 0 aromatic heterocycles. The maximum absolute atomic E-state index is 14.6. The SMILES string of the molecule is C=CCNC(=O)C(=O)[C@H](CCCC)NC(=O)[C@@H]1[C@@H]2[C@H](CN1C(=O)[C@@H](NC(=O)NC1(CS(=O)(=O)C3(CC)CCCCC3)CCCCC1)C(C)(C)C)C2(C)C. The van der Waals surface area contributed by atoms with Crippen molar-refractivity contribution in [3.05, 3.63) is 12.7 Å². The van der Waals surface area contributed by atoms with E-state index < -0.39 is 73.2 Å². The molecule has 4 aliphatic rings. The van der Waals surface area contributed by atoms with Crippen molar-refractivity contribution in [2.75, 3.05) is 18.8 Å². The highest BCUT2D eigenvalue weighted by Crippen LogP contribution is 2.65. The fraction of sp³-hybridized carbons (Fsp3) is 0.825. The number of amides is 5. The van der Waals surface area contributed by atoms with E-state index >= 15 is 0 Å². The summed E-state index contributed by atoms with van der Waals surface area (Å²) in [5.41, 5.74) is -1.91. The van der Waals surface area contributed by atoms with Crippen LogP contribution in [0.2, 0.25) is 0 Å². The minimum atomic E-state index is -3.56. The molecule has 0 unspecified atom stereocenters. The van der Waals surface area contributed by atoms with E-state index in [0.29, 0.717) is 45.1 Å². The van der Waals surface area contributed by atoms with Crippen LogP contribution in [-0.2, 0) is 29.0 Å². The Morgan fingerprint density at radius 2 is 1.53 bits per heavy atom. The summed E-state index contributed by atoms with van der Waals surface area (Å²) in [4.78, 5) is 70.1. The number of nitrogens with zero attached hydrogens (tertiary/aromatic N) is 1. The molecule has 1 heterocycles. The highest BCUT2D eigenvalue weighted by molar-refractivity contribution is 7.92. The molecule has 0 aromatic rings. The number of fused-ring (bicyclic) bond motifs is 1. The van der Waals surface area contributed by atoms with Crippen LogP contribution in [0.4, 0.5) is 4.79 Å². The van der Waals surface area contributed by atoms with Gasteiger partial charge in [0.05, 0.1) is 22.1 Å². The molecule has 300 valence electrons. The van der Waals surface area contributed by atoms with Gasteiger partial charge in [0.15, 0.2) is 9.84 Å². The lowest BCUT2D eigenvalue weighted by Crippen LogP contribution is -2.64. The van der Waals surface area contributed by atoms with Crippen LogP contribution in [0.5, 0.6) is 0 Å². The van der Waals surface area contributed by atoms with E-state index in [1.807, 2.05) is 34.6 Å². The molecular formula is C40H67N5O7S. The Labute approximate surface area is 318 Å². The van der Waals surface area contributed by atoms with Crippen LogP contribution in [0.1, 0.15) is 138 Å². The van der Waals surface area contributed by atoms with Gasteiger partial charge in [0.1, 0.15) is 12.1 Å². The third-order valence-electron chi connectivity index (χ3n) is 13.0. The van der Waals surface area contributed by atoms with E-state index in [4.69, 9.17) is 0 Å². The number of carbonyl (C=O) groups excluding carboxylic acids is 5. The van der Waals surface area contributed by atoms with Gasteiger partial charge < -0.3 is 26.2 Å². The van der Waals surface area contributed by atoms with E-state index in [1.54, 1.807) is 4.90 Å². The summed E-state index contributed by atoms with van der Waals surface area (Å²) in [5.74, 6) is -2.66. The normalized spacial score (nSPS) is 25.6. The topological polar surface area (TPSA) is 171 Å². The molecule has 1 saturated heterocycles. The second-order valence-corrected chi connectivity index (χ2v) is 20.4. The summed E-state index contributed by atoms with van der Waals surface area (Å²) in [5, 5.41) is 11.4. The number of Topliss-reactive ketones (excluding diaryl/α,β-unsaturated/α-hetero) is 1. The summed E-state index contributed by atoms with van der Waals surface area (Å²) in [6.45, 7) is 17.6. The lowest BCUT2D eigenvalue weighted by Gasteiger charge is -2.43. The third kappa shape index (κ3) is 9.30. The van der Waals surface area contributed by atoms with Gasteiger partial charge in [-0.1, -0.05) is 106 Å². The average Bonchev–Trinajstić information content (AvgIpc) is 3.40. The molecule has 5 amide bonds. The zero-order valence-electron chi connectivity index (χ0n) is 33.4. The minimum Gasteiger partial charge on any atom is -0.346 e. The number of carbonyl (C=O) groups is 5. The average molecular weight is 762 g/mol. The lowest BCUT2D eigenvalue weighted by molar-refractivity contribution is -0.145. The van der Waals surface area contributed by atoms with Crippen LogP contribution < -0.4 is 21.3 Å². The van der Waals surface area contributed by atoms with Crippen molar-refractivity contribution >= 4 is 39.4 Å². The molecule has 12 nitrogen and oxygen atoms in total. The number of likely N-dealkylation sites (tertiary alicyclic amines) is 1. The molecule has 4 rings (SSSR count). The number of piperidine rings is 1. The standard InChI is InChI=1S/C40H67N5O7S/c1-9-12-19-28(31(46)34(48)41-24-10-2)42-33(47)30-29-27(38(29,7)8)25-45(30)35(49)32(37(4,5)6)43-36(50)44-39(20-15-13-16-21-39)26-53(51,52)40(11-3)22-17-14-18-23-40/h10,27-30,32H,2,9,11-26H2,1,3-8H3,(H,41,48)(H,42,47)(H2,43,44,50)/t27-,28-,29-,30-,32+/m0/s1. The summed E-state index contributed by atoms with van der Waals surface area (Å²) in [6, 6.07) is -3.55. The molecule has 1 aliphatic heterocycles. The van der Waals surface area contributed by atoms with Gasteiger partial charge in [-0.05, 0) is 61.2 Å². The number of hydrogen-bond acceptors (Lipinski definition) is 7. The van der Waals surface area contributed by atoms with Crippen LogP contribution in [-0.4, -0.2) is 90.1 Å². The number of sulfone groups is 1. The Bertz CT molecular complexity index is 1490. The van der Waals surface area contributed by atoms with Crippen LogP contribution in [0.25, 0.3) is 0 Å². The number of hydrogen-bond donors (Lipinski definition) is 4. The number of unbranched alkanes of at least 4 members (excludes halogenated alkanes) is 1. The van der Waals surface area contributed by atoms with Crippen molar-refractivity contribution in [3.63, 3.8) is 0 Å². The first kappa shape index (κ1) is 42.8. The predicted molar refractivity (Wildman–Crippen MR) is 207 cm³/mol. The van der Waals surface area contributed by atoms with Crippen molar-refractivity contribution in [2.45, 2.75) is 167 Å². The summed E-state index contributed by atoms with van der Waals surface area (Å²) in [6.07, 6.45) is 11.4. The Hall–Kier alpha value is -2.96. The summed E-state index contributed by atoms with van der Waals surface area (Å²) >= 11 is 0. The van der Waals surface area contributed by atoms with E-state index in [1.165, 1.54) is 6.08 Å². The van der Waals surface area contributed by atoms with Crippen molar-refractivity contribution in [2.24, 2.45) is 22.7 Å². The Morgan fingerprint density at radius 1 is 0.925 bits per heavy atom. The lowest BCUT2D eigenvalue weighted by atomic mass is 9.83. The van der Waals surface area contributed by atoms with Gasteiger partial charge in [0.25, 0.3) is 5.91 Å². The zero-order valence-corrected chi connectivity index (χ0v) is 34.2. The second kappa shape index (κ2) is 16.8. The second-order valence-electron chi connectivity index (χ2n) is 18.1.